The number of carbonyl (C=O) groups is 1. The lowest BCUT2D eigenvalue weighted by Gasteiger charge is -2.23. The van der Waals surface area contributed by atoms with Crippen molar-refractivity contribution in [3.05, 3.63) is 34.4 Å². The zero-order valence-electron chi connectivity index (χ0n) is 13.3. The van der Waals surface area contributed by atoms with Crippen LogP contribution in [0.1, 0.15) is 20.8 Å². The maximum Gasteiger partial charge on any atom is 0.321 e. The van der Waals surface area contributed by atoms with Crippen LogP contribution in [-0.4, -0.2) is 43.3 Å². The molecule has 0 heterocycles. The van der Waals surface area contributed by atoms with E-state index in [1.807, 2.05) is 13.8 Å². The number of hydrogen-bond acceptors (Lipinski definition) is 6. The number of nitro benzene ring substituents is 1. The number of esters is 1. The number of non-ortho nitro benzene ring substituents is 1. The van der Waals surface area contributed by atoms with Crippen LogP contribution < -0.4 is 0 Å². The first kappa shape index (κ1) is 19.0. The summed E-state index contributed by atoms with van der Waals surface area (Å²) < 4.78 is 31.1. The number of carbonyl (C=O) groups excluding carboxylic acids is 1. The Morgan fingerprint density at radius 1 is 1.30 bits per heavy atom. The first-order valence-electron chi connectivity index (χ1n) is 7.08. The molecule has 1 aromatic carbocycles. The summed E-state index contributed by atoms with van der Waals surface area (Å²) >= 11 is 0. The standard InChI is InChI=1S/C14H20N2O6S/c1-4-22-14(17)10-15(9-11(2)3)23(20,21)13-7-5-12(6-8-13)16(18)19/h5-8,11H,4,9-10H2,1-3H3. The van der Waals surface area contributed by atoms with Crippen LogP contribution in [0, 0.1) is 16.0 Å². The van der Waals surface area contributed by atoms with Gasteiger partial charge in [-0.1, -0.05) is 13.8 Å². The fourth-order valence-electron chi connectivity index (χ4n) is 1.89. The largest absolute Gasteiger partial charge is 0.465 e. The predicted octanol–water partition coefficient (Wildman–Crippen LogP) is 1.80. The highest BCUT2D eigenvalue weighted by Crippen LogP contribution is 2.20. The molecule has 0 atom stereocenters. The fourth-order valence-corrected chi connectivity index (χ4v) is 3.44. The van der Waals surface area contributed by atoms with E-state index in [4.69, 9.17) is 4.74 Å². The lowest BCUT2D eigenvalue weighted by molar-refractivity contribution is -0.384. The summed E-state index contributed by atoms with van der Waals surface area (Å²) in [5.74, 6) is -0.643. The molecule has 0 bridgehead atoms. The van der Waals surface area contributed by atoms with E-state index in [2.05, 4.69) is 0 Å². The molecule has 0 aromatic heterocycles. The molecule has 0 spiro atoms. The van der Waals surface area contributed by atoms with E-state index >= 15 is 0 Å². The van der Waals surface area contributed by atoms with Crippen LogP contribution in [0.2, 0.25) is 0 Å². The predicted molar refractivity (Wildman–Crippen MR) is 83.3 cm³/mol. The van der Waals surface area contributed by atoms with Crippen LogP contribution in [0.4, 0.5) is 5.69 Å². The maximum absolute atomic E-state index is 12.6. The molecule has 0 amide bonds. The number of hydrogen-bond donors (Lipinski definition) is 0. The van der Waals surface area contributed by atoms with Gasteiger partial charge in [0.1, 0.15) is 6.54 Å². The van der Waals surface area contributed by atoms with Gasteiger partial charge in [-0.2, -0.15) is 4.31 Å². The molecule has 1 rings (SSSR count). The highest BCUT2D eigenvalue weighted by atomic mass is 32.2. The Labute approximate surface area is 135 Å². The summed E-state index contributed by atoms with van der Waals surface area (Å²) in [5.41, 5.74) is -0.204. The molecule has 0 aliphatic carbocycles. The molecule has 9 heteroatoms. The molecule has 0 unspecified atom stereocenters. The second kappa shape index (κ2) is 8.02. The van der Waals surface area contributed by atoms with Crippen molar-refractivity contribution in [2.45, 2.75) is 25.7 Å². The van der Waals surface area contributed by atoms with Crippen molar-refractivity contribution in [3.63, 3.8) is 0 Å². The van der Waals surface area contributed by atoms with Gasteiger partial charge in [-0.3, -0.25) is 14.9 Å². The number of ether oxygens (including phenoxy) is 1. The van der Waals surface area contributed by atoms with E-state index in [-0.39, 0.29) is 29.7 Å². The summed E-state index contributed by atoms with van der Waals surface area (Å²) in [5, 5.41) is 10.6. The highest BCUT2D eigenvalue weighted by Gasteiger charge is 2.28. The Morgan fingerprint density at radius 2 is 1.87 bits per heavy atom. The van der Waals surface area contributed by atoms with Crippen LogP contribution in [-0.2, 0) is 19.6 Å². The molecule has 0 radical (unpaired) electrons. The lowest BCUT2D eigenvalue weighted by atomic mass is 10.2. The fraction of sp³-hybridized carbons (Fsp3) is 0.500. The Hall–Kier alpha value is -2.00. The second-order valence-electron chi connectivity index (χ2n) is 5.25. The molecular weight excluding hydrogens is 324 g/mol. The van der Waals surface area contributed by atoms with Crippen molar-refractivity contribution in [1.29, 1.82) is 0 Å². The smallest absolute Gasteiger partial charge is 0.321 e. The quantitative estimate of drug-likeness (QED) is 0.404. The highest BCUT2D eigenvalue weighted by molar-refractivity contribution is 7.89. The average molecular weight is 344 g/mol. The minimum atomic E-state index is -3.94. The Bertz CT molecular complexity index is 654. The Kier molecular flexibility index (Phi) is 6.64. The van der Waals surface area contributed by atoms with Crippen LogP contribution in [0.15, 0.2) is 29.2 Å². The van der Waals surface area contributed by atoms with Gasteiger partial charge in [-0.05, 0) is 25.0 Å². The lowest BCUT2D eigenvalue weighted by Crippen LogP contribution is -2.38. The van der Waals surface area contributed by atoms with E-state index in [1.54, 1.807) is 6.92 Å². The number of nitro groups is 1. The van der Waals surface area contributed by atoms with Gasteiger partial charge in [0.2, 0.25) is 10.0 Å². The van der Waals surface area contributed by atoms with Gasteiger partial charge in [0.05, 0.1) is 16.4 Å². The first-order valence-corrected chi connectivity index (χ1v) is 8.52. The number of rotatable bonds is 8. The molecule has 0 fully saturated rings. The monoisotopic (exact) mass is 344 g/mol. The molecular formula is C14H20N2O6S. The third kappa shape index (κ3) is 5.29. The minimum absolute atomic E-state index is 0.00255. The summed E-state index contributed by atoms with van der Waals surface area (Å²) in [6.45, 7) is 5.18. The summed E-state index contributed by atoms with van der Waals surface area (Å²) in [7, 11) is -3.94. The van der Waals surface area contributed by atoms with Crippen molar-refractivity contribution in [1.82, 2.24) is 4.31 Å². The van der Waals surface area contributed by atoms with Crippen LogP contribution >= 0.6 is 0 Å². The normalized spacial score (nSPS) is 11.7. The van der Waals surface area contributed by atoms with Crippen LogP contribution in [0.3, 0.4) is 0 Å². The van der Waals surface area contributed by atoms with Crippen molar-refractivity contribution < 1.29 is 22.9 Å². The Balaban J connectivity index is 3.10. The molecule has 0 saturated heterocycles. The van der Waals surface area contributed by atoms with E-state index in [0.29, 0.717) is 0 Å². The van der Waals surface area contributed by atoms with Gasteiger partial charge in [0, 0.05) is 18.7 Å². The van der Waals surface area contributed by atoms with Crippen molar-refractivity contribution in [3.8, 4) is 0 Å². The molecule has 128 valence electrons. The van der Waals surface area contributed by atoms with E-state index in [1.165, 1.54) is 0 Å². The van der Waals surface area contributed by atoms with Gasteiger partial charge in [0.15, 0.2) is 0 Å². The third-order valence-corrected chi connectivity index (χ3v) is 4.69. The van der Waals surface area contributed by atoms with Gasteiger partial charge >= 0.3 is 5.97 Å². The summed E-state index contributed by atoms with van der Waals surface area (Å²) in [6, 6.07) is 4.55. The minimum Gasteiger partial charge on any atom is -0.465 e. The third-order valence-electron chi connectivity index (χ3n) is 2.86. The van der Waals surface area contributed by atoms with Gasteiger partial charge < -0.3 is 4.74 Å². The van der Waals surface area contributed by atoms with Crippen molar-refractivity contribution in [2.24, 2.45) is 5.92 Å². The van der Waals surface area contributed by atoms with Crippen LogP contribution in [0.25, 0.3) is 0 Å². The van der Waals surface area contributed by atoms with Gasteiger partial charge in [-0.25, -0.2) is 8.42 Å². The zero-order chi connectivity index (χ0) is 17.6. The number of benzene rings is 1. The molecule has 0 saturated carbocycles. The van der Waals surface area contributed by atoms with E-state index in [0.717, 1.165) is 28.6 Å². The Morgan fingerprint density at radius 3 is 2.30 bits per heavy atom. The average Bonchev–Trinajstić information content (AvgIpc) is 2.46. The van der Waals surface area contributed by atoms with Gasteiger partial charge in [0.25, 0.3) is 5.69 Å². The zero-order valence-corrected chi connectivity index (χ0v) is 14.1. The van der Waals surface area contributed by atoms with Crippen LogP contribution in [0.5, 0.6) is 0 Å². The first-order chi connectivity index (χ1) is 10.7. The SMILES string of the molecule is CCOC(=O)CN(CC(C)C)S(=O)(=O)c1ccc([N+](=O)[O-])cc1. The summed E-state index contributed by atoms with van der Waals surface area (Å²) in [6.07, 6.45) is 0. The molecule has 0 aliphatic heterocycles. The number of nitrogens with zero attached hydrogens (tertiary/aromatic N) is 2. The summed E-state index contributed by atoms with van der Waals surface area (Å²) in [4.78, 5) is 21.6. The molecule has 1 aromatic rings. The molecule has 0 N–H and O–H groups in total. The second-order valence-corrected chi connectivity index (χ2v) is 7.19. The van der Waals surface area contributed by atoms with Crippen molar-refractivity contribution in [2.75, 3.05) is 19.7 Å². The van der Waals surface area contributed by atoms with E-state index < -0.39 is 27.5 Å². The molecule has 23 heavy (non-hydrogen) atoms. The molecule has 8 nitrogen and oxygen atoms in total. The van der Waals surface area contributed by atoms with Crippen molar-refractivity contribution >= 4 is 21.7 Å². The maximum atomic E-state index is 12.6. The topological polar surface area (TPSA) is 107 Å². The molecule has 0 aliphatic rings. The van der Waals surface area contributed by atoms with Gasteiger partial charge in [-0.15, -0.1) is 0 Å². The number of sulfonamides is 1. The van der Waals surface area contributed by atoms with E-state index in [9.17, 15) is 23.3 Å².